The molecule has 16 atom stereocenters. The maximum Gasteiger partial charge on any atom is 0.326 e. The Morgan fingerprint density at radius 3 is 1.29 bits per heavy atom. The summed E-state index contributed by atoms with van der Waals surface area (Å²) >= 11 is 0. The third-order valence-electron chi connectivity index (χ3n) is 20.5. The van der Waals surface area contributed by atoms with Crippen molar-refractivity contribution in [2.45, 2.75) is 263 Å². The highest BCUT2D eigenvalue weighted by Gasteiger charge is 2.43. The van der Waals surface area contributed by atoms with Crippen molar-refractivity contribution >= 4 is 107 Å². The number of primary amides is 1. The first-order valence-electron chi connectivity index (χ1n) is 42.2. The molecule has 1 heterocycles. The molecule has 0 aromatic heterocycles. The molecule has 1 aliphatic heterocycles. The second-order valence-electron chi connectivity index (χ2n) is 32.9. The Kier molecular flexibility index (Phi) is 47.1. The zero-order valence-corrected chi connectivity index (χ0v) is 73.1. The van der Waals surface area contributed by atoms with Crippen LogP contribution in [0, 0.1) is 29.6 Å². The predicted octanol–water partition coefficient (Wildman–Crippen LogP) is -5.67. The lowest BCUT2D eigenvalue weighted by molar-refractivity contribution is -0.143. The van der Waals surface area contributed by atoms with Crippen LogP contribution in [0.25, 0.3) is 0 Å². The number of carbonyl (C=O) groups excluding carboxylic acids is 15. The van der Waals surface area contributed by atoms with Gasteiger partial charge in [0.2, 0.25) is 88.6 Å². The van der Waals surface area contributed by atoms with E-state index in [1.54, 1.807) is 55.4 Å². The Balaban J connectivity index is 1.99. The van der Waals surface area contributed by atoms with Crippen LogP contribution in [0.2, 0.25) is 0 Å². The van der Waals surface area contributed by atoms with Crippen molar-refractivity contribution in [2.75, 3.05) is 39.5 Å². The smallest absolute Gasteiger partial charge is 0.326 e. The standard InChI is InChI=1S/C82H132N20O24/c1-11-45(10)66(101-76(120)60(39-104)98-77(121)62-18-15-31-102(62)80(124)61(40-105)99-71(115)55(34-43(6)7)95-78(122)65(44(8)9)100-67(111)50(84)32-41(2)3)79(123)96-57(36-47-21-25-49(107)26-22-47)73(117)92-54(33-42(4)5)70(114)93-56(35-46-19-23-48(106)24-20-46)72(116)94-58(37-64(109)110)74(118)89-52(17-14-30-88-82(86)87)69(113)97-59(38-103)75(119)90-51(16-12-13-29-83)68(112)91-53(81(125)126)27-28-63(85)108/h19-26,41-45,50-62,65-66,103-107H,11-18,27-40,83-84H2,1-10H3,(H2,85,108)(H,89,118)(H,90,119)(H,91,112)(H,92,117)(H,93,114)(H,94,116)(H,95,122)(H,96,123)(H,97,113)(H,98,121)(H,99,115)(H,100,111)(H,101,120)(H,109,110)(H,125,126)(H4,86,87,88)/t45-,50-,51-,52-,53-,54-,55-,56-,57-,58-,59-,60-,61-,62-,65-,66-/m0/s1. The van der Waals surface area contributed by atoms with Gasteiger partial charge in [0.25, 0.3) is 0 Å². The van der Waals surface area contributed by atoms with E-state index >= 15 is 4.79 Å². The van der Waals surface area contributed by atoms with Gasteiger partial charge in [-0.2, -0.15) is 0 Å². The zero-order valence-electron chi connectivity index (χ0n) is 73.1. The van der Waals surface area contributed by atoms with Gasteiger partial charge in [-0.05, 0) is 142 Å². The number of hydrogen-bond donors (Lipinski definition) is 25. The number of aliphatic hydroxyl groups excluding tert-OH is 3. The van der Waals surface area contributed by atoms with Crippen LogP contribution in [0.15, 0.2) is 53.5 Å². The van der Waals surface area contributed by atoms with Gasteiger partial charge in [0, 0.05) is 32.4 Å². The maximum absolute atomic E-state index is 15.0. The molecule has 704 valence electrons. The number of aliphatic imine (C=N–C) groups is 1. The van der Waals surface area contributed by atoms with Crippen LogP contribution in [0.5, 0.6) is 11.5 Å². The molecule has 15 amide bonds. The summed E-state index contributed by atoms with van der Waals surface area (Å²) in [5.74, 6) is -21.0. The number of carbonyl (C=O) groups is 17. The number of nitrogens with zero attached hydrogens (tertiary/aromatic N) is 2. The highest BCUT2D eigenvalue weighted by atomic mass is 16.4. The van der Waals surface area contributed by atoms with E-state index in [4.69, 9.17) is 28.7 Å². The number of likely N-dealkylation sites (tertiary alicyclic amines) is 1. The SMILES string of the molecule is CC[C@H](C)[C@H](NC(=O)[C@H](CO)NC(=O)[C@@H]1CCCN1C(=O)[C@H](CO)NC(=O)[C@H](CC(C)C)NC(=O)[C@@H](NC(=O)[C@@H](N)CC(C)C)C(C)C)C(=O)N[C@@H](Cc1ccc(O)cc1)C(=O)N[C@@H](CC(C)C)C(=O)N[C@@H](Cc1ccc(O)cc1)C(=O)N[C@@H](CC(=O)O)C(=O)N[C@@H](CCCN=C(N)N)C(=O)N[C@@H](CO)C(=O)N[C@@H](CCCCN)C(=O)N[C@@H](CCC(N)=O)C(=O)O. The summed E-state index contributed by atoms with van der Waals surface area (Å²) in [6.45, 7) is 13.9. The van der Waals surface area contributed by atoms with Gasteiger partial charge in [-0.25, -0.2) is 4.79 Å². The van der Waals surface area contributed by atoms with E-state index in [1.165, 1.54) is 48.5 Å². The van der Waals surface area contributed by atoms with Crippen molar-refractivity contribution in [1.29, 1.82) is 0 Å². The van der Waals surface area contributed by atoms with Crippen LogP contribution >= 0.6 is 0 Å². The van der Waals surface area contributed by atoms with Crippen molar-refractivity contribution in [3.63, 3.8) is 0 Å². The molecule has 3 rings (SSSR count). The minimum Gasteiger partial charge on any atom is -0.508 e. The number of carboxylic acid groups (broad SMARTS) is 2. The van der Waals surface area contributed by atoms with Gasteiger partial charge < -0.3 is 138 Å². The Hall–Kier alpha value is -11.9. The number of hydrogen-bond acceptors (Lipinski definition) is 25. The first-order valence-corrected chi connectivity index (χ1v) is 42.2. The number of phenols is 2. The average molecular weight is 1780 g/mol. The molecule has 126 heavy (non-hydrogen) atoms. The zero-order chi connectivity index (χ0) is 94.9. The van der Waals surface area contributed by atoms with Crippen molar-refractivity contribution in [3.05, 3.63) is 59.7 Å². The fourth-order valence-electron chi connectivity index (χ4n) is 13.4. The second-order valence-corrected chi connectivity index (χ2v) is 32.9. The molecular weight excluding hydrogens is 1650 g/mol. The minimum atomic E-state index is -2.11. The Labute approximate surface area is 731 Å². The highest BCUT2D eigenvalue weighted by molar-refractivity contribution is 6.01. The number of nitrogens with two attached hydrogens (primary N) is 5. The van der Waals surface area contributed by atoms with E-state index in [2.05, 4.69) is 74.1 Å². The molecule has 1 fully saturated rings. The van der Waals surface area contributed by atoms with E-state index in [0.29, 0.717) is 18.4 Å². The van der Waals surface area contributed by atoms with Gasteiger partial charge in [0.15, 0.2) is 5.96 Å². The lowest BCUT2D eigenvalue weighted by atomic mass is 9.96. The van der Waals surface area contributed by atoms with E-state index in [0.717, 1.165) is 4.90 Å². The number of phenolic OH excluding ortho intramolecular Hbond substituents is 2. The Morgan fingerprint density at radius 1 is 0.444 bits per heavy atom. The first-order chi connectivity index (χ1) is 59.3. The molecule has 2 aromatic rings. The summed E-state index contributed by atoms with van der Waals surface area (Å²) in [6.07, 6.45) is -2.42. The first kappa shape index (κ1) is 108. The van der Waals surface area contributed by atoms with Crippen LogP contribution in [-0.4, -0.2) is 277 Å². The molecular formula is C82H132N20O24. The Bertz CT molecular complexity index is 4020. The molecule has 0 saturated carbocycles. The van der Waals surface area contributed by atoms with Crippen molar-refractivity contribution in [2.24, 2.45) is 63.3 Å². The number of nitrogens with one attached hydrogen (secondary N) is 13. The Morgan fingerprint density at radius 2 is 0.833 bits per heavy atom. The summed E-state index contributed by atoms with van der Waals surface area (Å²) in [4.78, 5) is 241. The third-order valence-corrected chi connectivity index (χ3v) is 20.5. The van der Waals surface area contributed by atoms with Gasteiger partial charge in [0.05, 0.1) is 32.3 Å². The fraction of sp³-hybridized carbons (Fsp3) is 0.634. The number of aliphatic carboxylic acids is 2. The highest BCUT2D eigenvalue weighted by Crippen LogP contribution is 2.22. The molecule has 0 aliphatic carbocycles. The number of rotatable bonds is 57. The molecule has 1 aliphatic rings. The summed E-state index contributed by atoms with van der Waals surface area (Å²) in [7, 11) is 0. The number of benzene rings is 2. The van der Waals surface area contributed by atoms with Gasteiger partial charge in [-0.15, -0.1) is 0 Å². The van der Waals surface area contributed by atoms with Gasteiger partial charge >= 0.3 is 11.9 Å². The van der Waals surface area contributed by atoms with Crippen LogP contribution < -0.4 is 97.8 Å². The number of aromatic hydroxyl groups is 2. The lowest BCUT2D eigenvalue weighted by Gasteiger charge is -2.31. The quantitative estimate of drug-likeness (QED) is 0.0167. The molecule has 0 radical (unpaired) electrons. The van der Waals surface area contributed by atoms with Crippen LogP contribution in [-0.2, 0) is 94.3 Å². The number of guanidine groups is 1. The normalized spacial score (nSPS) is 16.1. The number of carboxylic acids is 2. The molecule has 44 heteroatoms. The molecule has 0 spiro atoms. The van der Waals surface area contributed by atoms with E-state index in [1.807, 2.05) is 13.8 Å². The molecule has 30 N–H and O–H groups in total. The second kappa shape index (κ2) is 54.8. The monoisotopic (exact) mass is 1780 g/mol. The van der Waals surface area contributed by atoms with Crippen molar-refractivity contribution in [3.8, 4) is 11.5 Å². The molecule has 1 saturated heterocycles. The number of amides is 15. The molecule has 0 bridgehead atoms. The summed E-state index contributed by atoms with van der Waals surface area (Å²) in [5, 5.41) is 104. The third kappa shape index (κ3) is 37.9. The number of aliphatic hydroxyl groups is 3. The largest absolute Gasteiger partial charge is 0.508 e. The van der Waals surface area contributed by atoms with Crippen molar-refractivity contribution < 1.29 is 117 Å². The average Bonchev–Trinajstić information content (AvgIpc) is 1.45. The maximum atomic E-state index is 15.0. The topological polar surface area (TPSA) is 734 Å². The predicted molar refractivity (Wildman–Crippen MR) is 456 cm³/mol. The fourth-order valence-corrected chi connectivity index (χ4v) is 13.4. The minimum absolute atomic E-state index is 0.00454. The summed E-state index contributed by atoms with van der Waals surface area (Å²) in [6, 6.07) is -13.1. The molecule has 0 unspecified atom stereocenters. The number of unbranched alkanes of at least 4 members (excludes halogenated alkanes) is 1. The van der Waals surface area contributed by atoms with E-state index < -0.39 is 254 Å². The van der Waals surface area contributed by atoms with Crippen LogP contribution in [0.1, 0.15) is 170 Å². The van der Waals surface area contributed by atoms with Gasteiger partial charge in [-0.1, -0.05) is 99.9 Å². The van der Waals surface area contributed by atoms with Gasteiger partial charge in [-0.3, -0.25) is 81.7 Å². The van der Waals surface area contributed by atoms with Gasteiger partial charge in [0.1, 0.15) is 96.1 Å². The molecule has 2 aromatic carbocycles. The summed E-state index contributed by atoms with van der Waals surface area (Å²) < 4.78 is 0. The molecule has 44 nitrogen and oxygen atoms in total. The van der Waals surface area contributed by atoms with Crippen LogP contribution in [0.4, 0.5) is 0 Å². The van der Waals surface area contributed by atoms with E-state index in [-0.39, 0.29) is 119 Å². The summed E-state index contributed by atoms with van der Waals surface area (Å²) in [5.41, 5.74) is 28.5. The van der Waals surface area contributed by atoms with E-state index in [9.17, 15) is 112 Å². The van der Waals surface area contributed by atoms with Crippen LogP contribution in [0.3, 0.4) is 0 Å². The van der Waals surface area contributed by atoms with Crippen molar-refractivity contribution in [1.82, 2.24) is 74.0 Å². The lowest BCUT2D eigenvalue weighted by Crippen LogP contribution is -2.62.